The monoisotopic (exact) mass is 234 g/mol. The molecule has 88 valence electrons. The summed E-state index contributed by atoms with van der Waals surface area (Å²) in [7, 11) is 0. The number of hydrogen-bond acceptors (Lipinski definition) is 1. The van der Waals surface area contributed by atoms with Crippen LogP contribution in [0, 0.1) is 6.92 Å². The third-order valence-corrected chi connectivity index (χ3v) is 3.20. The molecule has 18 heavy (non-hydrogen) atoms. The minimum absolute atomic E-state index is 0.301. The first-order chi connectivity index (χ1) is 8.72. The van der Waals surface area contributed by atoms with Crippen LogP contribution >= 0.6 is 0 Å². The van der Waals surface area contributed by atoms with Crippen LogP contribution in [-0.4, -0.2) is 5.11 Å². The van der Waals surface area contributed by atoms with Crippen LogP contribution in [0.1, 0.15) is 5.56 Å². The molecule has 1 nitrogen and oxygen atoms in total. The van der Waals surface area contributed by atoms with Crippen molar-refractivity contribution in [2.24, 2.45) is 0 Å². The molecule has 0 amide bonds. The molecule has 1 N–H and O–H groups in total. The van der Waals surface area contributed by atoms with E-state index in [-0.39, 0.29) is 0 Å². The van der Waals surface area contributed by atoms with Crippen molar-refractivity contribution < 1.29 is 5.11 Å². The zero-order valence-corrected chi connectivity index (χ0v) is 10.2. The summed E-state index contributed by atoms with van der Waals surface area (Å²) < 4.78 is 0. The number of rotatable bonds is 1. The minimum atomic E-state index is 0.301. The van der Waals surface area contributed by atoms with Crippen molar-refractivity contribution in [2.45, 2.75) is 6.92 Å². The lowest BCUT2D eigenvalue weighted by atomic mass is 10.0. The van der Waals surface area contributed by atoms with E-state index < -0.39 is 0 Å². The Kier molecular flexibility index (Phi) is 2.52. The standard InChI is InChI=1S/C17H14O/c1-12-2-3-16-11-15(5-4-14(16)10-12)13-6-8-17(18)9-7-13/h2-11,18H,1H3. The van der Waals surface area contributed by atoms with Gasteiger partial charge >= 0.3 is 0 Å². The molecule has 1 heteroatoms. The molecular formula is C17H14O. The molecular weight excluding hydrogens is 220 g/mol. The summed E-state index contributed by atoms with van der Waals surface area (Å²) >= 11 is 0. The van der Waals surface area contributed by atoms with Crippen molar-refractivity contribution in [2.75, 3.05) is 0 Å². The predicted octanol–water partition coefficient (Wildman–Crippen LogP) is 4.52. The highest BCUT2D eigenvalue weighted by Gasteiger charge is 2.00. The van der Waals surface area contributed by atoms with Crippen molar-refractivity contribution in [3.05, 3.63) is 66.2 Å². The van der Waals surface area contributed by atoms with E-state index in [4.69, 9.17) is 0 Å². The summed E-state index contributed by atoms with van der Waals surface area (Å²) in [4.78, 5) is 0. The molecule has 0 saturated heterocycles. The largest absolute Gasteiger partial charge is 0.508 e. The molecule has 0 aliphatic carbocycles. The molecule has 0 unspecified atom stereocenters. The molecule has 0 spiro atoms. The average molecular weight is 234 g/mol. The molecule has 0 bridgehead atoms. The molecule has 0 aromatic heterocycles. The first-order valence-electron chi connectivity index (χ1n) is 6.02. The quantitative estimate of drug-likeness (QED) is 0.656. The second kappa shape index (κ2) is 4.19. The molecule has 0 atom stereocenters. The van der Waals surface area contributed by atoms with Gasteiger partial charge in [0.05, 0.1) is 0 Å². The Morgan fingerprint density at radius 2 is 1.28 bits per heavy atom. The van der Waals surface area contributed by atoms with Crippen molar-refractivity contribution in [1.29, 1.82) is 0 Å². The van der Waals surface area contributed by atoms with Crippen LogP contribution in [-0.2, 0) is 0 Å². The van der Waals surface area contributed by atoms with E-state index in [1.54, 1.807) is 12.1 Å². The van der Waals surface area contributed by atoms with E-state index in [9.17, 15) is 5.11 Å². The van der Waals surface area contributed by atoms with Crippen LogP contribution in [0.25, 0.3) is 21.9 Å². The SMILES string of the molecule is Cc1ccc2cc(-c3ccc(O)cc3)ccc2c1. The Bertz CT molecular complexity index is 696. The number of phenolic OH excluding ortho intramolecular Hbond substituents is 1. The van der Waals surface area contributed by atoms with Gasteiger partial charge in [-0.05, 0) is 47.0 Å². The van der Waals surface area contributed by atoms with E-state index in [1.807, 2.05) is 12.1 Å². The summed E-state index contributed by atoms with van der Waals surface area (Å²) in [6, 6.07) is 20.2. The molecule has 3 rings (SSSR count). The lowest BCUT2D eigenvalue weighted by Crippen LogP contribution is -1.80. The summed E-state index contributed by atoms with van der Waals surface area (Å²) in [6.45, 7) is 2.10. The molecule has 0 saturated carbocycles. The Morgan fingerprint density at radius 1 is 0.667 bits per heavy atom. The van der Waals surface area contributed by atoms with Crippen LogP contribution in [0.4, 0.5) is 0 Å². The zero-order chi connectivity index (χ0) is 12.5. The minimum Gasteiger partial charge on any atom is -0.508 e. The van der Waals surface area contributed by atoms with Gasteiger partial charge in [-0.3, -0.25) is 0 Å². The van der Waals surface area contributed by atoms with Crippen LogP contribution < -0.4 is 0 Å². The molecule has 0 fully saturated rings. The fourth-order valence-electron chi connectivity index (χ4n) is 2.20. The Morgan fingerprint density at radius 3 is 2.06 bits per heavy atom. The molecule has 0 heterocycles. The van der Waals surface area contributed by atoms with Gasteiger partial charge in [0.2, 0.25) is 0 Å². The van der Waals surface area contributed by atoms with Gasteiger partial charge in [0.15, 0.2) is 0 Å². The van der Waals surface area contributed by atoms with Gasteiger partial charge in [0.1, 0.15) is 5.75 Å². The van der Waals surface area contributed by atoms with E-state index >= 15 is 0 Å². The van der Waals surface area contributed by atoms with Crippen LogP contribution in [0.5, 0.6) is 5.75 Å². The lowest BCUT2D eigenvalue weighted by Gasteiger charge is -2.05. The van der Waals surface area contributed by atoms with Crippen LogP contribution in [0.15, 0.2) is 60.7 Å². The maximum Gasteiger partial charge on any atom is 0.115 e. The highest BCUT2D eigenvalue weighted by Crippen LogP contribution is 2.26. The van der Waals surface area contributed by atoms with Gasteiger partial charge in [-0.25, -0.2) is 0 Å². The number of benzene rings is 3. The van der Waals surface area contributed by atoms with Crippen molar-refractivity contribution in [3.63, 3.8) is 0 Å². The van der Waals surface area contributed by atoms with Crippen molar-refractivity contribution in [1.82, 2.24) is 0 Å². The Labute approximate surface area is 106 Å². The topological polar surface area (TPSA) is 20.2 Å². The number of aromatic hydroxyl groups is 1. The maximum atomic E-state index is 9.31. The smallest absolute Gasteiger partial charge is 0.115 e. The second-order valence-electron chi connectivity index (χ2n) is 4.61. The van der Waals surface area contributed by atoms with E-state index in [2.05, 4.69) is 43.3 Å². The number of fused-ring (bicyclic) bond motifs is 1. The van der Waals surface area contributed by atoms with Crippen LogP contribution in [0.3, 0.4) is 0 Å². The fraction of sp³-hybridized carbons (Fsp3) is 0.0588. The lowest BCUT2D eigenvalue weighted by molar-refractivity contribution is 0.475. The van der Waals surface area contributed by atoms with Gasteiger partial charge in [0, 0.05) is 0 Å². The van der Waals surface area contributed by atoms with Crippen molar-refractivity contribution >= 4 is 10.8 Å². The highest BCUT2D eigenvalue weighted by atomic mass is 16.3. The summed E-state index contributed by atoms with van der Waals surface area (Å²) in [5.41, 5.74) is 3.57. The van der Waals surface area contributed by atoms with E-state index in [1.165, 1.54) is 21.9 Å². The summed E-state index contributed by atoms with van der Waals surface area (Å²) in [5.74, 6) is 0.301. The van der Waals surface area contributed by atoms with Crippen LogP contribution in [0.2, 0.25) is 0 Å². The first kappa shape index (κ1) is 10.8. The first-order valence-corrected chi connectivity index (χ1v) is 6.02. The molecule has 0 aliphatic heterocycles. The van der Waals surface area contributed by atoms with E-state index in [0.717, 1.165) is 5.56 Å². The maximum absolute atomic E-state index is 9.31. The Hall–Kier alpha value is -2.28. The third-order valence-electron chi connectivity index (χ3n) is 3.20. The average Bonchev–Trinajstić information content (AvgIpc) is 2.39. The molecule has 0 radical (unpaired) electrons. The number of phenols is 1. The number of aryl methyl sites for hydroxylation is 1. The summed E-state index contributed by atoms with van der Waals surface area (Å²) in [5, 5.41) is 11.8. The van der Waals surface area contributed by atoms with E-state index in [0.29, 0.717) is 5.75 Å². The molecule has 3 aromatic carbocycles. The normalized spacial score (nSPS) is 10.7. The van der Waals surface area contributed by atoms with Gasteiger partial charge in [0.25, 0.3) is 0 Å². The van der Waals surface area contributed by atoms with Crippen molar-refractivity contribution in [3.8, 4) is 16.9 Å². The summed E-state index contributed by atoms with van der Waals surface area (Å²) in [6.07, 6.45) is 0. The second-order valence-corrected chi connectivity index (χ2v) is 4.61. The zero-order valence-electron chi connectivity index (χ0n) is 10.2. The van der Waals surface area contributed by atoms with Gasteiger partial charge in [-0.1, -0.05) is 48.0 Å². The Balaban J connectivity index is 2.13. The fourth-order valence-corrected chi connectivity index (χ4v) is 2.20. The van der Waals surface area contributed by atoms with Gasteiger partial charge < -0.3 is 5.11 Å². The highest BCUT2D eigenvalue weighted by molar-refractivity contribution is 5.87. The molecule has 3 aromatic rings. The number of hydrogen-bond donors (Lipinski definition) is 1. The predicted molar refractivity (Wildman–Crippen MR) is 75.8 cm³/mol. The van der Waals surface area contributed by atoms with Gasteiger partial charge in [-0.2, -0.15) is 0 Å². The third kappa shape index (κ3) is 1.95. The molecule has 0 aliphatic rings. The van der Waals surface area contributed by atoms with Gasteiger partial charge in [-0.15, -0.1) is 0 Å².